The van der Waals surface area contributed by atoms with E-state index in [4.69, 9.17) is 13.9 Å². The molecule has 2 unspecified atom stereocenters. The van der Waals surface area contributed by atoms with Gasteiger partial charge in [0.25, 0.3) is 0 Å². The number of nitrogens with zero attached hydrogens (tertiary/aromatic N) is 1. The van der Waals surface area contributed by atoms with E-state index in [-0.39, 0.29) is 28.8 Å². The molecule has 1 aromatic carbocycles. The number of hydrogen-bond donors (Lipinski definition) is 1. The molecule has 1 N–H and O–H groups in total. The molecule has 2 aromatic rings. The summed E-state index contributed by atoms with van der Waals surface area (Å²) in [6, 6.07) is 3.91. The van der Waals surface area contributed by atoms with Crippen molar-refractivity contribution in [2.45, 2.75) is 38.5 Å². The summed E-state index contributed by atoms with van der Waals surface area (Å²) in [5.74, 6) is -0.866. The van der Waals surface area contributed by atoms with Crippen molar-refractivity contribution in [2.24, 2.45) is 0 Å². The van der Waals surface area contributed by atoms with E-state index in [0.29, 0.717) is 42.5 Å². The van der Waals surface area contributed by atoms with Gasteiger partial charge in [0.2, 0.25) is 0 Å². The highest BCUT2D eigenvalue weighted by atomic mass is 19.1. The number of ether oxygens (including phenoxy) is 2. The van der Waals surface area contributed by atoms with Crippen molar-refractivity contribution in [3.8, 4) is 0 Å². The first-order chi connectivity index (χ1) is 15.8. The third-order valence-electron chi connectivity index (χ3n) is 5.85. The van der Waals surface area contributed by atoms with Crippen molar-refractivity contribution < 1.29 is 27.5 Å². The topological polar surface area (TPSA) is 81.0 Å². The van der Waals surface area contributed by atoms with E-state index < -0.39 is 24.0 Å². The van der Waals surface area contributed by atoms with Crippen molar-refractivity contribution in [1.29, 1.82) is 0 Å². The maximum absolute atomic E-state index is 13.8. The van der Waals surface area contributed by atoms with E-state index in [2.05, 4.69) is 5.32 Å². The summed E-state index contributed by atoms with van der Waals surface area (Å²) in [5.41, 5.74) is 1.04. The van der Waals surface area contributed by atoms with Gasteiger partial charge in [0.15, 0.2) is 11.3 Å². The summed E-state index contributed by atoms with van der Waals surface area (Å²) < 4.78 is 44.1. The first-order valence-corrected chi connectivity index (χ1v) is 10.8. The zero-order chi connectivity index (χ0) is 23.7. The predicted molar refractivity (Wildman–Crippen MR) is 120 cm³/mol. The third-order valence-corrected chi connectivity index (χ3v) is 5.85. The molecule has 1 aliphatic heterocycles. The number of halogens is 2. The predicted octanol–water partition coefficient (Wildman–Crippen LogP) is 3.93. The Morgan fingerprint density at radius 1 is 1.33 bits per heavy atom. The Morgan fingerprint density at radius 3 is 2.82 bits per heavy atom. The first-order valence-electron chi connectivity index (χ1n) is 10.8. The average molecular weight is 460 g/mol. The van der Waals surface area contributed by atoms with Gasteiger partial charge in [-0.25, -0.2) is 13.6 Å². The molecule has 7 nitrogen and oxygen atoms in total. The van der Waals surface area contributed by atoms with Gasteiger partial charge in [-0.2, -0.15) is 0 Å². The van der Waals surface area contributed by atoms with Crippen molar-refractivity contribution in [3.63, 3.8) is 0 Å². The number of esters is 1. The van der Waals surface area contributed by atoms with Crippen LogP contribution in [0.1, 0.15) is 42.2 Å². The van der Waals surface area contributed by atoms with Gasteiger partial charge < -0.3 is 24.1 Å². The van der Waals surface area contributed by atoms with Gasteiger partial charge in [-0.05, 0) is 38.1 Å². The molecule has 33 heavy (non-hydrogen) atoms. The average Bonchev–Trinajstić information content (AvgIpc) is 2.77. The summed E-state index contributed by atoms with van der Waals surface area (Å²) in [7, 11) is 1.25. The molecule has 1 aliphatic carbocycles. The summed E-state index contributed by atoms with van der Waals surface area (Å²) in [6.07, 6.45) is 0.705. The van der Waals surface area contributed by atoms with Gasteiger partial charge in [0, 0.05) is 30.3 Å². The van der Waals surface area contributed by atoms with Gasteiger partial charge in [0.1, 0.15) is 17.6 Å². The quantitative estimate of drug-likeness (QED) is 0.677. The minimum absolute atomic E-state index is 0.00707. The number of hydrogen-bond acceptors (Lipinski definition) is 7. The highest BCUT2D eigenvalue weighted by Crippen LogP contribution is 2.31. The van der Waals surface area contributed by atoms with Crippen LogP contribution in [0, 0.1) is 0 Å². The fourth-order valence-corrected chi connectivity index (χ4v) is 4.20. The lowest BCUT2D eigenvalue weighted by molar-refractivity contribution is 0.0600. The zero-order valence-electron chi connectivity index (χ0n) is 18.7. The second-order valence-corrected chi connectivity index (χ2v) is 8.31. The van der Waals surface area contributed by atoms with Crippen LogP contribution in [0.3, 0.4) is 0 Å². The molecule has 176 valence electrons. The molecule has 0 bridgehead atoms. The number of carbonyl (C=O) groups excluding carboxylic acids is 1. The van der Waals surface area contributed by atoms with E-state index in [1.165, 1.54) is 25.3 Å². The smallest absolute Gasteiger partial charge is 0.337 e. The van der Waals surface area contributed by atoms with Crippen LogP contribution in [0.5, 0.6) is 0 Å². The Morgan fingerprint density at radius 2 is 2.12 bits per heavy atom. The SMILES string of the molecule is COC(=O)c1cc(C(C)NC2=CC(F)=CC(F)C2)c2oc(N3CCOC[C@@H]3C)cc(=O)c2c1. The number of morpholine rings is 1. The summed E-state index contributed by atoms with van der Waals surface area (Å²) in [4.78, 5) is 27.3. The largest absolute Gasteiger partial charge is 0.465 e. The van der Waals surface area contributed by atoms with Gasteiger partial charge in [-0.15, -0.1) is 0 Å². The number of allylic oxidation sites excluding steroid dienone is 4. The van der Waals surface area contributed by atoms with Crippen molar-refractivity contribution in [1.82, 2.24) is 5.32 Å². The summed E-state index contributed by atoms with van der Waals surface area (Å²) in [5, 5.41) is 3.31. The van der Waals surface area contributed by atoms with Crippen LogP contribution in [0.2, 0.25) is 0 Å². The molecule has 0 radical (unpaired) electrons. The monoisotopic (exact) mass is 460 g/mol. The lowest BCUT2D eigenvalue weighted by atomic mass is 9.99. The van der Waals surface area contributed by atoms with E-state index in [9.17, 15) is 18.4 Å². The standard InChI is InChI=1S/C24H26F2N2O5/c1-13-12-32-5-4-28(13)22-11-21(29)20-7-15(24(30)31-3)6-19(23(20)33-22)14(2)27-18-9-16(25)8-17(26)10-18/h6-9,11,13-14,17,27H,4-5,10,12H2,1-3H3/t13-,14?,17?/m0/s1. The molecule has 1 fully saturated rings. The number of anilines is 1. The van der Waals surface area contributed by atoms with Crippen molar-refractivity contribution >= 4 is 22.8 Å². The second kappa shape index (κ2) is 9.35. The lowest BCUT2D eigenvalue weighted by Crippen LogP contribution is -2.44. The lowest BCUT2D eigenvalue weighted by Gasteiger charge is -2.33. The highest BCUT2D eigenvalue weighted by Gasteiger charge is 2.25. The molecule has 0 saturated carbocycles. The van der Waals surface area contributed by atoms with Crippen LogP contribution in [0.25, 0.3) is 11.0 Å². The second-order valence-electron chi connectivity index (χ2n) is 8.31. The third kappa shape index (κ3) is 4.78. The van der Waals surface area contributed by atoms with Crippen LogP contribution in [0.4, 0.5) is 14.7 Å². The first kappa shape index (κ1) is 23.0. The van der Waals surface area contributed by atoms with Gasteiger partial charge in [-0.3, -0.25) is 4.79 Å². The van der Waals surface area contributed by atoms with E-state index in [0.717, 1.165) is 6.08 Å². The molecular formula is C24H26F2N2O5. The normalized spacial score (nSPS) is 21.9. The number of nitrogens with one attached hydrogen (secondary N) is 1. The number of benzene rings is 1. The zero-order valence-corrected chi connectivity index (χ0v) is 18.7. The number of carbonyl (C=O) groups is 1. The molecule has 1 saturated heterocycles. The van der Waals surface area contributed by atoms with Gasteiger partial charge in [-0.1, -0.05) is 0 Å². The number of fused-ring (bicyclic) bond motifs is 1. The number of rotatable bonds is 5. The molecule has 9 heteroatoms. The van der Waals surface area contributed by atoms with Gasteiger partial charge >= 0.3 is 5.97 Å². The summed E-state index contributed by atoms with van der Waals surface area (Å²) >= 11 is 0. The Labute approximate surface area is 189 Å². The number of alkyl halides is 1. The Hall–Kier alpha value is -3.20. The van der Waals surface area contributed by atoms with Gasteiger partial charge in [0.05, 0.1) is 43.4 Å². The van der Waals surface area contributed by atoms with Crippen molar-refractivity contribution in [2.75, 3.05) is 31.8 Å². The summed E-state index contributed by atoms with van der Waals surface area (Å²) in [6.45, 7) is 5.32. The maximum atomic E-state index is 13.8. The number of methoxy groups -OCH3 is 1. The fourth-order valence-electron chi connectivity index (χ4n) is 4.20. The van der Waals surface area contributed by atoms with Crippen LogP contribution >= 0.6 is 0 Å². The van der Waals surface area contributed by atoms with E-state index in [1.807, 2.05) is 11.8 Å². The van der Waals surface area contributed by atoms with Crippen LogP contribution < -0.4 is 15.6 Å². The fraction of sp³-hybridized carbons (Fsp3) is 0.417. The maximum Gasteiger partial charge on any atom is 0.337 e. The Bertz CT molecular complexity index is 1190. The van der Waals surface area contributed by atoms with Crippen LogP contribution in [0.15, 0.2) is 51.1 Å². The highest BCUT2D eigenvalue weighted by molar-refractivity contribution is 5.95. The van der Waals surface area contributed by atoms with Crippen LogP contribution in [-0.2, 0) is 9.47 Å². The molecular weight excluding hydrogens is 434 g/mol. The van der Waals surface area contributed by atoms with E-state index >= 15 is 0 Å². The molecule has 3 atom stereocenters. The molecule has 1 aromatic heterocycles. The molecule has 4 rings (SSSR count). The molecule has 0 amide bonds. The molecule has 2 heterocycles. The minimum atomic E-state index is -1.44. The van der Waals surface area contributed by atoms with Crippen LogP contribution in [-0.4, -0.2) is 45.1 Å². The molecule has 2 aliphatic rings. The Kier molecular flexibility index (Phi) is 6.51. The Balaban J connectivity index is 1.82. The molecule has 0 spiro atoms. The van der Waals surface area contributed by atoms with E-state index in [1.54, 1.807) is 13.0 Å². The van der Waals surface area contributed by atoms with Crippen molar-refractivity contribution in [3.05, 3.63) is 63.2 Å². The minimum Gasteiger partial charge on any atom is -0.465 e.